The minimum Gasteiger partial charge on any atom is -0.489 e. The van der Waals surface area contributed by atoms with Crippen molar-refractivity contribution in [2.75, 3.05) is 25.6 Å². The predicted octanol–water partition coefficient (Wildman–Crippen LogP) is -0.0371. The van der Waals surface area contributed by atoms with Crippen LogP contribution in [-0.4, -0.2) is 35.3 Å². The molecular formula is C9H15N3O3. The molecule has 6 heteroatoms. The molecular weight excluding hydrogens is 198 g/mol. The summed E-state index contributed by atoms with van der Waals surface area (Å²) in [6, 6.07) is 0. The predicted molar refractivity (Wildman–Crippen MR) is 56.2 cm³/mol. The Bertz CT molecular complexity index is 351. The van der Waals surface area contributed by atoms with E-state index in [2.05, 4.69) is 15.3 Å². The van der Waals surface area contributed by atoms with Gasteiger partial charge in [0, 0.05) is 13.2 Å². The zero-order valence-electron chi connectivity index (χ0n) is 8.62. The van der Waals surface area contributed by atoms with Gasteiger partial charge in [-0.15, -0.1) is 0 Å². The van der Waals surface area contributed by atoms with Gasteiger partial charge in [0.1, 0.15) is 0 Å². The minimum atomic E-state index is -0.308. The average Bonchev–Trinajstić information content (AvgIpc) is 2.24. The molecule has 0 unspecified atom stereocenters. The Morgan fingerprint density at radius 3 is 3.07 bits per heavy atom. The van der Waals surface area contributed by atoms with Crippen molar-refractivity contribution < 1.29 is 9.84 Å². The van der Waals surface area contributed by atoms with Gasteiger partial charge in [-0.25, -0.2) is 4.98 Å². The molecule has 0 fully saturated rings. The molecule has 0 atom stereocenters. The molecule has 0 saturated heterocycles. The maximum atomic E-state index is 11.3. The first-order valence-corrected chi connectivity index (χ1v) is 4.76. The second kappa shape index (κ2) is 6.02. The van der Waals surface area contributed by atoms with Gasteiger partial charge in [0.2, 0.25) is 5.75 Å². The van der Waals surface area contributed by atoms with Crippen LogP contribution in [0.25, 0.3) is 0 Å². The van der Waals surface area contributed by atoms with Crippen molar-refractivity contribution in [3.05, 3.63) is 16.7 Å². The first kappa shape index (κ1) is 11.5. The number of unbranched alkanes of at least 4 members (excludes halogenated alkanes) is 1. The zero-order chi connectivity index (χ0) is 11.1. The highest BCUT2D eigenvalue weighted by Gasteiger charge is 2.07. The third-order valence-corrected chi connectivity index (χ3v) is 1.89. The molecule has 1 aromatic heterocycles. The quantitative estimate of drug-likeness (QED) is 0.577. The van der Waals surface area contributed by atoms with E-state index in [4.69, 9.17) is 9.84 Å². The van der Waals surface area contributed by atoms with Crippen LogP contribution in [0.15, 0.2) is 11.1 Å². The van der Waals surface area contributed by atoms with E-state index in [9.17, 15) is 4.79 Å². The van der Waals surface area contributed by atoms with Gasteiger partial charge >= 0.3 is 0 Å². The van der Waals surface area contributed by atoms with Crippen molar-refractivity contribution in [2.24, 2.45) is 0 Å². The van der Waals surface area contributed by atoms with E-state index in [1.807, 2.05) is 0 Å². The van der Waals surface area contributed by atoms with E-state index in [1.54, 1.807) is 0 Å². The van der Waals surface area contributed by atoms with Gasteiger partial charge < -0.3 is 20.1 Å². The fraction of sp³-hybridized carbons (Fsp3) is 0.556. The summed E-state index contributed by atoms with van der Waals surface area (Å²) < 4.78 is 4.91. The normalized spacial score (nSPS) is 10.0. The SMILES string of the molecule is COc1c(NCCCCO)nc[nH]c1=O. The fourth-order valence-electron chi connectivity index (χ4n) is 1.15. The van der Waals surface area contributed by atoms with Gasteiger partial charge in [-0.2, -0.15) is 0 Å². The first-order valence-electron chi connectivity index (χ1n) is 4.76. The van der Waals surface area contributed by atoms with Crippen LogP contribution >= 0.6 is 0 Å². The molecule has 1 aromatic rings. The third-order valence-electron chi connectivity index (χ3n) is 1.89. The number of H-pyrrole nitrogens is 1. The lowest BCUT2D eigenvalue weighted by Gasteiger charge is -2.07. The van der Waals surface area contributed by atoms with Gasteiger partial charge in [0.25, 0.3) is 5.56 Å². The van der Waals surface area contributed by atoms with Crippen LogP contribution in [0.4, 0.5) is 5.82 Å². The van der Waals surface area contributed by atoms with Crippen molar-refractivity contribution in [3.63, 3.8) is 0 Å². The lowest BCUT2D eigenvalue weighted by atomic mass is 10.3. The molecule has 6 nitrogen and oxygen atoms in total. The topological polar surface area (TPSA) is 87.2 Å². The van der Waals surface area contributed by atoms with Gasteiger partial charge in [0.05, 0.1) is 13.4 Å². The molecule has 0 radical (unpaired) electrons. The lowest BCUT2D eigenvalue weighted by Crippen LogP contribution is -2.14. The smallest absolute Gasteiger partial charge is 0.295 e. The fourth-order valence-corrected chi connectivity index (χ4v) is 1.15. The highest BCUT2D eigenvalue weighted by Crippen LogP contribution is 2.13. The Balaban J connectivity index is 2.60. The molecule has 0 spiro atoms. The van der Waals surface area contributed by atoms with Crippen LogP contribution in [0.5, 0.6) is 5.75 Å². The molecule has 0 aliphatic rings. The average molecular weight is 213 g/mol. The van der Waals surface area contributed by atoms with Crippen LogP contribution in [0.2, 0.25) is 0 Å². The number of ether oxygens (including phenoxy) is 1. The molecule has 15 heavy (non-hydrogen) atoms. The number of anilines is 1. The van der Waals surface area contributed by atoms with E-state index in [-0.39, 0.29) is 17.9 Å². The highest BCUT2D eigenvalue weighted by molar-refractivity contribution is 5.47. The largest absolute Gasteiger partial charge is 0.489 e. The Morgan fingerprint density at radius 1 is 1.60 bits per heavy atom. The maximum Gasteiger partial charge on any atom is 0.295 e. The minimum absolute atomic E-state index is 0.168. The van der Waals surface area contributed by atoms with Crippen molar-refractivity contribution in [3.8, 4) is 5.75 Å². The monoisotopic (exact) mass is 213 g/mol. The van der Waals surface area contributed by atoms with Gasteiger partial charge in [-0.1, -0.05) is 0 Å². The third kappa shape index (κ3) is 3.25. The van der Waals surface area contributed by atoms with E-state index in [0.29, 0.717) is 12.4 Å². The second-order valence-corrected chi connectivity index (χ2v) is 2.97. The number of aromatic amines is 1. The molecule has 0 saturated carbocycles. The summed E-state index contributed by atoms with van der Waals surface area (Å²) in [6.07, 6.45) is 2.85. The molecule has 0 aromatic carbocycles. The maximum absolute atomic E-state index is 11.3. The molecule has 0 amide bonds. The van der Waals surface area contributed by atoms with Crippen molar-refractivity contribution in [1.29, 1.82) is 0 Å². The summed E-state index contributed by atoms with van der Waals surface area (Å²) in [6.45, 7) is 0.814. The molecule has 0 aliphatic carbocycles. The summed E-state index contributed by atoms with van der Waals surface area (Å²) in [5.41, 5.74) is -0.308. The number of methoxy groups -OCH3 is 1. The molecule has 1 rings (SSSR count). The number of nitrogens with one attached hydrogen (secondary N) is 2. The second-order valence-electron chi connectivity index (χ2n) is 2.97. The Hall–Kier alpha value is -1.56. The summed E-state index contributed by atoms with van der Waals surface area (Å²) in [5.74, 6) is 0.612. The number of aromatic nitrogens is 2. The highest BCUT2D eigenvalue weighted by atomic mass is 16.5. The molecule has 84 valence electrons. The number of rotatable bonds is 6. The molecule has 3 N–H and O–H groups in total. The number of aliphatic hydroxyl groups is 1. The Labute approximate surface area is 87.3 Å². The summed E-state index contributed by atoms with van der Waals surface area (Å²) in [5, 5.41) is 11.6. The lowest BCUT2D eigenvalue weighted by molar-refractivity contribution is 0.286. The van der Waals surface area contributed by atoms with Gasteiger partial charge in [-0.05, 0) is 12.8 Å². The van der Waals surface area contributed by atoms with Gasteiger partial charge in [0.15, 0.2) is 5.82 Å². The van der Waals surface area contributed by atoms with Crippen LogP contribution in [0.1, 0.15) is 12.8 Å². The zero-order valence-corrected chi connectivity index (χ0v) is 8.62. The van der Waals surface area contributed by atoms with Crippen molar-refractivity contribution >= 4 is 5.82 Å². The number of hydrogen-bond donors (Lipinski definition) is 3. The van der Waals surface area contributed by atoms with Crippen molar-refractivity contribution in [1.82, 2.24) is 9.97 Å². The number of nitrogens with zero attached hydrogens (tertiary/aromatic N) is 1. The van der Waals surface area contributed by atoms with E-state index >= 15 is 0 Å². The van der Waals surface area contributed by atoms with Crippen LogP contribution in [-0.2, 0) is 0 Å². The standard InChI is InChI=1S/C9H15N3O3/c1-15-7-8(10-4-2-3-5-13)11-6-12-9(7)14/h6,13H,2-5H2,1H3,(H2,10,11,12,14). The Kier molecular flexibility index (Phi) is 4.62. The summed E-state index contributed by atoms with van der Waals surface area (Å²) in [7, 11) is 1.42. The van der Waals surface area contributed by atoms with Crippen LogP contribution in [0, 0.1) is 0 Å². The van der Waals surface area contributed by atoms with E-state index in [0.717, 1.165) is 12.8 Å². The van der Waals surface area contributed by atoms with Crippen LogP contribution < -0.4 is 15.6 Å². The Morgan fingerprint density at radius 2 is 2.40 bits per heavy atom. The summed E-state index contributed by atoms with van der Waals surface area (Å²) >= 11 is 0. The summed E-state index contributed by atoms with van der Waals surface area (Å²) in [4.78, 5) is 17.6. The molecule has 0 bridgehead atoms. The van der Waals surface area contributed by atoms with E-state index < -0.39 is 0 Å². The van der Waals surface area contributed by atoms with Crippen LogP contribution in [0.3, 0.4) is 0 Å². The van der Waals surface area contributed by atoms with Crippen molar-refractivity contribution in [2.45, 2.75) is 12.8 Å². The molecule has 1 heterocycles. The number of hydrogen-bond acceptors (Lipinski definition) is 5. The molecule has 0 aliphatic heterocycles. The number of aliphatic hydroxyl groups excluding tert-OH is 1. The first-order chi connectivity index (χ1) is 7.29. The van der Waals surface area contributed by atoms with Gasteiger partial charge in [-0.3, -0.25) is 4.79 Å². The van der Waals surface area contributed by atoms with E-state index in [1.165, 1.54) is 13.4 Å².